The number of nitrogens with zero attached hydrogens (tertiary/aromatic N) is 2. The fourth-order valence-electron chi connectivity index (χ4n) is 1.37. The van der Waals surface area contributed by atoms with Crippen LogP contribution in [0, 0.1) is 0 Å². The number of carbonyl (C=O) groups excluding carboxylic acids is 2. The quantitative estimate of drug-likeness (QED) is 0.510. The highest BCUT2D eigenvalue weighted by Crippen LogP contribution is 1.95. The summed E-state index contributed by atoms with van der Waals surface area (Å²) in [7, 11) is 0. The van der Waals surface area contributed by atoms with Crippen LogP contribution in [0.2, 0.25) is 0 Å². The summed E-state index contributed by atoms with van der Waals surface area (Å²) in [6, 6.07) is 0. The number of aromatic amines is 1. The summed E-state index contributed by atoms with van der Waals surface area (Å²) in [6.07, 6.45) is 3.26. The Hall–Kier alpha value is -1.92. The average Bonchev–Trinajstić information content (AvgIpc) is 2.85. The van der Waals surface area contributed by atoms with Crippen LogP contribution in [0.4, 0.5) is 0 Å². The van der Waals surface area contributed by atoms with Crippen LogP contribution in [-0.2, 0) is 20.7 Å². The summed E-state index contributed by atoms with van der Waals surface area (Å²) >= 11 is 0. The zero-order valence-corrected chi connectivity index (χ0v) is 10.4. The number of nitrogens with one attached hydrogen (secondary N) is 2. The standard InChI is InChI=1S/C11H18N4O3/c1-2-18-11(17)6-5-10(16)12-7-3-4-9-13-8-14-15-9/h8H,2-7H2,1H3,(H,12,16)(H,13,14,15). The van der Waals surface area contributed by atoms with Crippen LogP contribution in [0.1, 0.15) is 32.0 Å². The molecule has 100 valence electrons. The molecule has 0 aromatic carbocycles. The molecule has 0 aliphatic rings. The molecule has 1 aromatic heterocycles. The van der Waals surface area contributed by atoms with Gasteiger partial charge in [-0.15, -0.1) is 0 Å². The van der Waals surface area contributed by atoms with E-state index in [1.807, 2.05) is 0 Å². The number of aryl methyl sites for hydroxylation is 1. The molecule has 18 heavy (non-hydrogen) atoms. The van der Waals surface area contributed by atoms with Gasteiger partial charge in [0.1, 0.15) is 12.2 Å². The number of esters is 1. The summed E-state index contributed by atoms with van der Waals surface area (Å²) in [5.74, 6) is 0.325. The zero-order valence-electron chi connectivity index (χ0n) is 10.4. The summed E-state index contributed by atoms with van der Waals surface area (Å²) in [4.78, 5) is 26.3. The summed E-state index contributed by atoms with van der Waals surface area (Å²) in [5, 5.41) is 9.21. The first kappa shape index (κ1) is 14.1. The predicted octanol–water partition coefficient (Wildman–Crippen LogP) is 0.197. The molecule has 0 unspecified atom stereocenters. The van der Waals surface area contributed by atoms with Gasteiger partial charge in [0.05, 0.1) is 13.0 Å². The largest absolute Gasteiger partial charge is 0.466 e. The predicted molar refractivity (Wildman–Crippen MR) is 63.6 cm³/mol. The van der Waals surface area contributed by atoms with Crippen molar-refractivity contribution < 1.29 is 14.3 Å². The van der Waals surface area contributed by atoms with Crippen molar-refractivity contribution in [2.45, 2.75) is 32.6 Å². The van der Waals surface area contributed by atoms with Crippen molar-refractivity contribution in [1.82, 2.24) is 20.5 Å². The molecule has 0 radical (unpaired) electrons. The molecule has 7 heteroatoms. The van der Waals surface area contributed by atoms with E-state index in [-0.39, 0.29) is 24.7 Å². The minimum absolute atomic E-state index is 0.127. The lowest BCUT2D eigenvalue weighted by Crippen LogP contribution is -2.25. The molecule has 1 amide bonds. The maximum atomic E-state index is 11.4. The Morgan fingerprint density at radius 1 is 1.44 bits per heavy atom. The van der Waals surface area contributed by atoms with Gasteiger partial charge in [-0.2, -0.15) is 5.10 Å². The summed E-state index contributed by atoms with van der Waals surface area (Å²) in [6.45, 7) is 2.64. The van der Waals surface area contributed by atoms with Crippen LogP contribution in [0.15, 0.2) is 6.33 Å². The smallest absolute Gasteiger partial charge is 0.306 e. The van der Waals surface area contributed by atoms with Crippen LogP contribution < -0.4 is 5.32 Å². The molecule has 1 heterocycles. The van der Waals surface area contributed by atoms with Crippen molar-refractivity contribution >= 4 is 11.9 Å². The number of rotatable bonds is 8. The monoisotopic (exact) mass is 254 g/mol. The topological polar surface area (TPSA) is 97.0 Å². The van der Waals surface area contributed by atoms with Crippen molar-refractivity contribution in [3.8, 4) is 0 Å². The molecule has 0 saturated heterocycles. The number of H-pyrrole nitrogens is 1. The first-order valence-electron chi connectivity index (χ1n) is 5.99. The molecule has 7 nitrogen and oxygen atoms in total. The van der Waals surface area contributed by atoms with Crippen molar-refractivity contribution in [1.29, 1.82) is 0 Å². The zero-order chi connectivity index (χ0) is 13.2. The lowest BCUT2D eigenvalue weighted by atomic mass is 10.2. The highest BCUT2D eigenvalue weighted by Gasteiger charge is 2.06. The number of ether oxygens (including phenoxy) is 1. The van der Waals surface area contributed by atoms with Gasteiger partial charge in [0, 0.05) is 19.4 Å². The summed E-state index contributed by atoms with van der Waals surface area (Å²) < 4.78 is 4.73. The second-order valence-corrected chi connectivity index (χ2v) is 3.69. The van der Waals surface area contributed by atoms with Gasteiger partial charge < -0.3 is 10.1 Å². The molecule has 0 spiro atoms. The van der Waals surface area contributed by atoms with Crippen LogP contribution in [0.25, 0.3) is 0 Å². The normalized spacial score (nSPS) is 10.1. The molecule has 1 rings (SSSR count). The van der Waals surface area contributed by atoms with E-state index >= 15 is 0 Å². The molecule has 0 saturated carbocycles. The molecule has 0 bridgehead atoms. The SMILES string of the molecule is CCOC(=O)CCC(=O)NCCCc1ncn[nH]1. The molecule has 2 N–H and O–H groups in total. The second kappa shape index (κ2) is 8.21. The third-order valence-electron chi connectivity index (χ3n) is 2.24. The first-order chi connectivity index (χ1) is 8.72. The summed E-state index contributed by atoms with van der Waals surface area (Å²) in [5.41, 5.74) is 0. The van der Waals surface area contributed by atoms with E-state index in [1.54, 1.807) is 6.92 Å². The Morgan fingerprint density at radius 3 is 2.94 bits per heavy atom. The van der Waals surface area contributed by atoms with E-state index in [2.05, 4.69) is 20.5 Å². The number of amides is 1. The third kappa shape index (κ3) is 5.97. The maximum Gasteiger partial charge on any atom is 0.306 e. The fourth-order valence-corrected chi connectivity index (χ4v) is 1.37. The van der Waals surface area contributed by atoms with Crippen molar-refractivity contribution in [3.63, 3.8) is 0 Å². The van der Waals surface area contributed by atoms with E-state index in [0.717, 1.165) is 18.7 Å². The number of aromatic nitrogens is 3. The minimum Gasteiger partial charge on any atom is -0.466 e. The van der Waals surface area contributed by atoms with Gasteiger partial charge in [0.2, 0.25) is 5.91 Å². The Labute approximate surface area is 105 Å². The van der Waals surface area contributed by atoms with Crippen molar-refractivity contribution in [3.05, 3.63) is 12.2 Å². The number of hydrogen-bond acceptors (Lipinski definition) is 5. The van der Waals surface area contributed by atoms with Crippen LogP contribution in [0.3, 0.4) is 0 Å². The lowest BCUT2D eigenvalue weighted by molar-refractivity contribution is -0.144. The maximum absolute atomic E-state index is 11.4. The van der Waals surface area contributed by atoms with E-state index < -0.39 is 0 Å². The van der Waals surface area contributed by atoms with Gasteiger partial charge in [0.15, 0.2) is 0 Å². The van der Waals surface area contributed by atoms with E-state index in [4.69, 9.17) is 4.74 Å². The molecular weight excluding hydrogens is 236 g/mol. The Morgan fingerprint density at radius 2 is 2.28 bits per heavy atom. The third-order valence-corrected chi connectivity index (χ3v) is 2.24. The number of carbonyl (C=O) groups is 2. The van der Waals surface area contributed by atoms with Gasteiger partial charge in [0.25, 0.3) is 0 Å². The Kier molecular flexibility index (Phi) is 6.45. The van der Waals surface area contributed by atoms with Crippen LogP contribution >= 0.6 is 0 Å². The van der Waals surface area contributed by atoms with Gasteiger partial charge in [-0.05, 0) is 13.3 Å². The first-order valence-corrected chi connectivity index (χ1v) is 5.99. The van der Waals surface area contributed by atoms with Gasteiger partial charge >= 0.3 is 5.97 Å². The van der Waals surface area contributed by atoms with Crippen LogP contribution in [-0.4, -0.2) is 40.2 Å². The highest BCUT2D eigenvalue weighted by atomic mass is 16.5. The molecule has 1 aromatic rings. The van der Waals surface area contributed by atoms with Crippen molar-refractivity contribution in [2.75, 3.05) is 13.2 Å². The molecule has 0 fully saturated rings. The molecule has 0 aliphatic heterocycles. The minimum atomic E-state index is -0.339. The lowest BCUT2D eigenvalue weighted by Gasteiger charge is -2.04. The van der Waals surface area contributed by atoms with Crippen LogP contribution in [0.5, 0.6) is 0 Å². The second-order valence-electron chi connectivity index (χ2n) is 3.69. The van der Waals surface area contributed by atoms with Gasteiger partial charge in [-0.1, -0.05) is 0 Å². The van der Waals surface area contributed by atoms with E-state index in [1.165, 1.54) is 6.33 Å². The molecule has 0 atom stereocenters. The molecule has 0 aliphatic carbocycles. The number of hydrogen-bond donors (Lipinski definition) is 2. The van der Waals surface area contributed by atoms with Gasteiger partial charge in [-0.3, -0.25) is 14.7 Å². The highest BCUT2D eigenvalue weighted by molar-refractivity contribution is 5.81. The van der Waals surface area contributed by atoms with Gasteiger partial charge in [-0.25, -0.2) is 4.98 Å². The average molecular weight is 254 g/mol. The Balaban J connectivity index is 2.01. The van der Waals surface area contributed by atoms with E-state index in [0.29, 0.717) is 13.2 Å². The molecular formula is C11H18N4O3. The Bertz CT molecular complexity index is 364. The fraction of sp³-hybridized carbons (Fsp3) is 0.636. The van der Waals surface area contributed by atoms with Crippen molar-refractivity contribution in [2.24, 2.45) is 0 Å². The van der Waals surface area contributed by atoms with E-state index in [9.17, 15) is 9.59 Å².